The summed E-state index contributed by atoms with van der Waals surface area (Å²) in [5.41, 5.74) is 2.58. The molecule has 21 heavy (non-hydrogen) atoms. The van der Waals surface area contributed by atoms with Gasteiger partial charge in [0, 0.05) is 24.5 Å². The van der Waals surface area contributed by atoms with Crippen molar-refractivity contribution in [2.24, 2.45) is 0 Å². The fourth-order valence-corrected chi connectivity index (χ4v) is 2.57. The van der Waals surface area contributed by atoms with Crippen LogP contribution >= 0.6 is 11.6 Å². The van der Waals surface area contributed by atoms with Crippen molar-refractivity contribution >= 4 is 28.9 Å². The lowest BCUT2D eigenvalue weighted by molar-refractivity contribution is -0.118. The SMILES string of the molecule is CCn1cccc1CNc1cc2c(cc1Cl)NC(=O)CO2. The van der Waals surface area contributed by atoms with E-state index in [0.717, 1.165) is 12.2 Å². The van der Waals surface area contributed by atoms with Gasteiger partial charge in [-0.2, -0.15) is 0 Å². The predicted octanol–water partition coefficient (Wildman–Crippen LogP) is 3.10. The molecule has 0 spiro atoms. The van der Waals surface area contributed by atoms with E-state index in [1.165, 1.54) is 5.69 Å². The number of carbonyl (C=O) groups is 1. The lowest BCUT2D eigenvalue weighted by atomic mass is 10.2. The molecular weight excluding hydrogens is 290 g/mol. The molecule has 110 valence electrons. The molecule has 0 radical (unpaired) electrons. The number of hydrogen-bond donors (Lipinski definition) is 2. The Morgan fingerprint density at radius 2 is 2.33 bits per heavy atom. The van der Waals surface area contributed by atoms with E-state index in [4.69, 9.17) is 16.3 Å². The molecule has 1 aliphatic heterocycles. The molecule has 1 aromatic carbocycles. The number of carbonyl (C=O) groups excluding carboxylic acids is 1. The molecular formula is C15H16ClN3O2. The van der Waals surface area contributed by atoms with Crippen molar-refractivity contribution in [3.8, 4) is 5.75 Å². The van der Waals surface area contributed by atoms with Gasteiger partial charge in [-0.25, -0.2) is 0 Å². The number of rotatable bonds is 4. The lowest BCUT2D eigenvalue weighted by Gasteiger charge is -2.20. The number of benzene rings is 1. The summed E-state index contributed by atoms with van der Waals surface area (Å²) in [4.78, 5) is 11.3. The number of aromatic nitrogens is 1. The molecule has 2 aromatic rings. The molecule has 6 heteroatoms. The van der Waals surface area contributed by atoms with E-state index in [1.54, 1.807) is 6.07 Å². The van der Waals surface area contributed by atoms with Gasteiger partial charge >= 0.3 is 0 Å². The van der Waals surface area contributed by atoms with Gasteiger partial charge < -0.3 is 19.9 Å². The number of halogens is 1. The predicted molar refractivity (Wildman–Crippen MR) is 83.0 cm³/mol. The third-order valence-corrected chi connectivity index (χ3v) is 3.74. The molecule has 0 aliphatic carbocycles. The quantitative estimate of drug-likeness (QED) is 0.912. The molecule has 1 aromatic heterocycles. The number of anilines is 2. The van der Waals surface area contributed by atoms with E-state index in [2.05, 4.69) is 28.2 Å². The second kappa shape index (κ2) is 5.69. The summed E-state index contributed by atoms with van der Waals surface area (Å²) in [7, 11) is 0. The summed E-state index contributed by atoms with van der Waals surface area (Å²) in [6, 6.07) is 7.61. The minimum absolute atomic E-state index is 0.0345. The Labute approximate surface area is 127 Å². The highest BCUT2D eigenvalue weighted by molar-refractivity contribution is 6.33. The zero-order chi connectivity index (χ0) is 14.8. The number of nitrogens with one attached hydrogen (secondary N) is 2. The van der Waals surface area contributed by atoms with Crippen molar-refractivity contribution in [1.82, 2.24) is 4.57 Å². The Kier molecular flexibility index (Phi) is 3.75. The number of amides is 1. The van der Waals surface area contributed by atoms with Gasteiger partial charge in [0.25, 0.3) is 5.91 Å². The number of fused-ring (bicyclic) bond motifs is 1. The molecule has 1 amide bonds. The maximum absolute atomic E-state index is 11.3. The maximum atomic E-state index is 11.3. The first-order valence-electron chi connectivity index (χ1n) is 6.81. The van der Waals surface area contributed by atoms with Gasteiger partial charge in [-0.1, -0.05) is 11.6 Å². The van der Waals surface area contributed by atoms with Crippen molar-refractivity contribution < 1.29 is 9.53 Å². The molecule has 0 fully saturated rings. The molecule has 0 saturated heterocycles. The average molecular weight is 306 g/mol. The van der Waals surface area contributed by atoms with Crippen LogP contribution in [-0.4, -0.2) is 17.1 Å². The molecule has 0 saturated carbocycles. The number of ether oxygens (including phenoxy) is 1. The number of nitrogens with zero attached hydrogens (tertiary/aromatic N) is 1. The number of hydrogen-bond acceptors (Lipinski definition) is 3. The Bertz CT molecular complexity index is 682. The smallest absolute Gasteiger partial charge is 0.262 e. The molecule has 1 aliphatic rings. The van der Waals surface area contributed by atoms with Crippen LogP contribution in [0.2, 0.25) is 5.02 Å². The largest absolute Gasteiger partial charge is 0.482 e. The highest BCUT2D eigenvalue weighted by Crippen LogP contribution is 2.36. The lowest BCUT2D eigenvalue weighted by Crippen LogP contribution is -2.25. The minimum Gasteiger partial charge on any atom is -0.482 e. The van der Waals surface area contributed by atoms with Gasteiger partial charge in [-0.05, 0) is 25.1 Å². The Hall–Kier alpha value is -2.14. The number of aryl methyl sites for hydroxylation is 1. The summed E-state index contributed by atoms with van der Waals surface area (Å²) in [6.45, 7) is 3.74. The zero-order valence-corrected chi connectivity index (χ0v) is 12.4. The normalized spacial score (nSPS) is 13.3. The Balaban J connectivity index is 1.78. The van der Waals surface area contributed by atoms with Crippen LogP contribution in [0.15, 0.2) is 30.5 Å². The first-order chi connectivity index (χ1) is 10.2. The van der Waals surface area contributed by atoms with E-state index < -0.39 is 0 Å². The summed E-state index contributed by atoms with van der Waals surface area (Å²) < 4.78 is 7.56. The van der Waals surface area contributed by atoms with Gasteiger partial charge in [0.2, 0.25) is 0 Å². The first-order valence-corrected chi connectivity index (χ1v) is 7.19. The third-order valence-electron chi connectivity index (χ3n) is 3.43. The van der Waals surface area contributed by atoms with E-state index in [9.17, 15) is 4.79 Å². The topological polar surface area (TPSA) is 55.3 Å². The second-order valence-corrected chi connectivity index (χ2v) is 5.21. The molecule has 5 nitrogen and oxygen atoms in total. The van der Waals surface area contributed by atoms with Crippen molar-refractivity contribution in [3.05, 3.63) is 41.2 Å². The summed E-state index contributed by atoms with van der Waals surface area (Å²) in [5.74, 6) is 0.465. The van der Waals surface area contributed by atoms with Gasteiger partial charge in [-0.15, -0.1) is 0 Å². The van der Waals surface area contributed by atoms with Crippen LogP contribution in [-0.2, 0) is 17.9 Å². The monoisotopic (exact) mass is 305 g/mol. The van der Waals surface area contributed by atoms with E-state index >= 15 is 0 Å². The standard InChI is InChI=1S/C15H16ClN3O2/c1-2-19-5-3-4-10(19)8-17-12-7-14-13(6-11(12)16)18-15(20)9-21-14/h3-7,17H,2,8-9H2,1H3,(H,18,20). The van der Waals surface area contributed by atoms with Gasteiger partial charge in [-0.3, -0.25) is 4.79 Å². The first kappa shape index (κ1) is 13.8. The third kappa shape index (κ3) is 2.83. The van der Waals surface area contributed by atoms with Crippen molar-refractivity contribution in [2.75, 3.05) is 17.2 Å². The van der Waals surface area contributed by atoms with Crippen molar-refractivity contribution in [3.63, 3.8) is 0 Å². The van der Waals surface area contributed by atoms with Crippen LogP contribution in [0.3, 0.4) is 0 Å². The van der Waals surface area contributed by atoms with Crippen LogP contribution in [0.25, 0.3) is 0 Å². The van der Waals surface area contributed by atoms with E-state index in [-0.39, 0.29) is 12.5 Å². The maximum Gasteiger partial charge on any atom is 0.262 e. The molecule has 2 N–H and O–H groups in total. The Morgan fingerprint density at radius 3 is 3.14 bits per heavy atom. The molecule has 0 atom stereocenters. The van der Waals surface area contributed by atoms with Crippen LogP contribution < -0.4 is 15.4 Å². The molecule has 0 unspecified atom stereocenters. The van der Waals surface area contributed by atoms with Crippen LogP contribution in [0.4, 0.5) is 11.4 Å². The van der Waals surface area contributed by atoms with Gasteiger partial charge in [0.15, 0.2) is 6.61 Å². The zero-order valence-electron chi connectivity index (χ0n) is 11.6. The summed E-state index contributed by atoms with van der Waals surface area (Å²) in [5, 5.41) is 6.59. The summed E-state index contributed by atoms with van der Waals surface area (Å²) in [6.07, 6.45) is 2.05. The van der Waals surface area contributed by atoms with Crippen molar-refractivity contribution in [1.29, 1.82) is 0 Å². The highest BCUT2D eigenvalue weighted by atomic mass is 35.5. The van der Waals surface area contributed by atoms with Gasteiger partial charge in [0.1, 0.15) is 5.75 Å². The van der Waals surface area contributed by atoms with Crippen molar-refractivity contribution in [2.45, 2.75) is 20.0 Å². The highest BCUT2D eigenvalue weighted by Gasteiger charge is 2.18. The van der Waals surface area contributed by atoms with Crippen LogP contribution in [0.5, 0.6) is 5.75 Å². The molecule has 2 heterocycles. The molecule has 0 bridgehead atoms. The minimum atomic E-state index is -0.167. The fourth-order valence-electron chi connectivity index (χ4n) is 2.34. The summed E-state index contributed by atoms with van der Waals surface area (Å²) >= 11 is 6.25. The second-order valence-electron chi connectivity index (χ2n) is 4.80. The van der Waals surface area contributed by atoms with Gasteiger partial charge in [0.05, 0.1) is 22.9 Å². The van der Waals surface area contributed by atoms with Crippen LogP contribution in [0, 0.1) is 0 Å². The fraction of sp³-hybridized carbons (Fsp3) is 0.267. The average Bonchev–Trinajstić information content (AvgIpc) is 2.92. The van der Waals surface area contributed by atoms with Crippen LogP contribution in [0.1, 0.15) is 12.6 Å². The van der Waals surface area contributed by atoms with E-state index in [0.29, 0.717) is 23.0 Å². The van der Waals surface area contributed by atoms with E-state index in [1.807, 2.05) is 18.3 Å². The molecule has 3 rings (SSSR count). The Morgan fingerprint density at radius 1 is 1.48 bits per heavy atom.